The van der Waals surface area contributed by atoms with Gasteiger partial charge in [0.2, 0.25) is 0 Å². The van der Waals surface area contributed by atoms with Crippen molar-refractivity contribution in [3.05, 3.63) is 54.1 Å². The number of pyridine rings is 2. The van der Waals surface area contributed by atoms with Gasteiger partial charge in [-0.2, -0.15) is 0 Å². The molecule has 0 saturated heterocycles. The standard InChI is InChI=1S/C17H24N4/c1-14(2)10-19-12-16-9-17(6-8-20-16)21(3)13-15-5-4-7-18-11-15/h4-9,11,14,19H,10,12-13H2,1-3H3. The third-order valence-corrected chi connectivity index (χ3v) is 3.24. The van der Waals surface area contributed by atoms with E-state index in [4.69, 9.17) is 0 Å². The molecule has 4 heteroatoms. The smallest absolute Gasteiger partial charge is 0.0562 e. The summed E-state index contributed by atoms with van der Waals surface area (Å²) in [6.45, 7) is 7.08. The van der Waals surface area contributed by atoms with Gasteiger partial charge in [-0.3, -0.25) is 9.97 Å². The maximum atomic E-state index is 4.42. The molecule has 0 aliphatic carbocycles. The molecular weight excluding hydrogens is 260 g/mol. The molecule has 0 saturated carbocycles. The van der Waals surface area contributed by atoms with E-state index in [9.17, 15) is 0 Å². The summed E-state index contributed by atoms with van der Waals surface area (Å²) in [6.07, 6.45) is 5.58. The lowest BCUT2D eigenvalue weighted by Gasteiger charge is -2.19. The first-order chi connectivity index (χ1) is 10.1. The lowest BCUT2D eigenvalue weighted by Crippen LogP contribution is -2.20. The SMILES string of the molecule is CC(C)CNCc1cc(N(C)Cc2cccnc2)ccn1. The Morgan fingerprint density at radius 1 is 1.24 bits per heavy atom. The van der Waals surface area contributed by atoms with Crippen LogP contribution in [-0.2, 0) is 13.1 Å². The van der Waals surface area contributed by atoms with Crippen LogP contribution in [0.4, 0.5) is 5.69 Å². The van der Waals surface area contributed by atoms with Crippen LogP contribution in [0.25, 0.3) is 0 Å². The molecule has 2 heterocycles. The first kappa shape index (κ1) is 15.4. The first-order valence-corrected chi connectivity index (χ1v) is 7.41. The van der Waals surface area contributed by atoms with Crippen LogP contribution in [0, 0.1) is 5.92 Å². The van der Waals surface area contributed by atoms with E-state index < -0.39 is 0 Å². The van der Waals surface area contributed by atoms with Crippen molar-refractivity contribution in [1.82, 2.24) is 15.3 Å². The number of hydrogen-bond acceptors (Lipinski definition) is 4. The van der Waals surface area contributed by atoms with Gasteiger partial charge in [-0.25, -0.2) is 0 Å². The van der Waals surface area contributed by atoms with E-state index in [0.29, 0.717) is 5.92 Å². The van der Waals surface area contributed by atoms with Crippen LogP contribution < -0.4 is 10.2 Å². The molecule has 0 spiro atoms. The molecule has 0 radical (unpaired) electrons. The van der Waals surface area contributed by atoms with Crippen LogP contribution in [0.15, 0.2) is 42.9 Å². The molecule has 0 bridgehead atoms. The summed E-state index contributed by atoms with van der Waals surface area (Å²) in [4.78, 5) is 10.8. The van der Waals surface area contributed by atoms with Gasteiger partial charge in [0.05, 0.1) is 5.69 Å². The second-order valence-electron chi connectivity index (χ2n) is 5.75. The Balaban J connectivity index is 1.96. The predicted molar refractivity (Wildman–Crippen MR) is 87.1 cm³/mol. The summed E-state index contributed by atoms with van der Waals surface area (Å²) in [5.41, 5.74) is 3.46. The topological polar surface area (TPSA) is 41.0 Å². The van der Waals surface area contributed by atoms with Crippen molar-refractivity contribution in [1.29, 1.82) is 0 Å². The average Bonchev–Trinajstić information content (AvgIpc) is 2.48. The summed E-state index contributed by atoms with van der Waals surface area (Å²) < 4.78 is 0. The van der Waals surface area contributed by atoms with Crippen molar-refractivity contribution in [3.8, 4) is 0 Å². The summed E-state index contributed by atoms with van der Waals surface area (Å²) in [6, 6.07) is 8.25. The maximum Gasteiger partial charge on any atom is 0.0562 e. The zero-order valence-electron chi connectivity index (χ0n) is 13.1. The Hall–Kier alpha value is -1.94. The Bertz CT molecular complexity index is 539. The number of rotatable bonds is 7. The van der Waals surface area contributed by atoms with E-state index in [1.54, 1.807) is 6.20 Å². The van der Waals surface area contributed by atoms with Crippen LogP contribution in [0.2, 0.25) is 0 Å². The van der Waals surface area contributed by atoms with E-state index in [1.807, 2.05) is 24.5 Å². The highest BCUT2D eigenvalue weighted by molar-refractivity contribution is 5.46. The second-order valence-corrected chi connectivity index (χ2v) is 5.75. The Kier molecular flexibility index (Phi) is 5.69. The van der Waals surface area contributed by atoms with Crippen LogP contribution in [0.5, 0.6) is 0 Å². The first-order valence-electron chi connectivity index (χ1n) is 7.41. The molecular formula is C17H24N4. The van der Waals surface area contributed by atoms with Gasteiger partial charge in [0, 0.05) is 44.4 Å². The molecule has 0 atom stereocenters. The van der Waals surface area contributed by atoms with Crippen molar-refractivity contribution in [2.75, 3.05) is 18.5 Å². The largest absolute Gasteiger partial charge is 0.370 e. The molecule has 4 nitrogen and oxygen atoms in total. The van der Waals surface area contributed by atoms with Crippen molar-refractivity contribution in [2.24, 2.45) is 5.92 Å². The fraction of sp³-hybridized carbons (Fsp3) is 0.412. The second kappa shape index (κ2) is 7.74. The third kappa shape index (κ3) is 5.16. The normalized spacial score (nSPS) is 10.9. The average molecular weight is 284 g/mol. The van der Waals surface area contributed by atoms with Crippen molar-refractivity contribution >= 4 is 5.69 Å². The van der Waals surface area contributed by atoms with Crippen LogP contribution in [0.3, 0.4) is 0 Å². The number of nitrogens with one attached hydrogen (secondary N) is 1. The molecule has 1 N–H and O–H groups in total. The van der Waals surface area contributed by atoms with Crippen LogP contribution >= 0.6 is 0 Å². The summed E-state index contributed by atoms with van der Waals surface area (Å²) in [7, 11) is 2.09. The molecule has 112 valence electrons. The molecule has 0 aromatic carbocycles. The quantitative estimate of drug-likeness (QED) is 0.849. The Labute approximate surface area is 127 Å². The predicted octanol–water partition coefficient (Wildman–Crippen LogP) is 2.86. The number of nitrogens with zero attached hydrogens (tertiary/aromatic N) is 3. The van der Waals surface area contributed by atoms with Gasteiger partial charge in [-0.15, -0.1) is 0 Å². The number of aromatic nitrogens is 2. The number of hydrogen-bond donors (Lipinski definition) is 1. The summed E-state index contributed by atoms with van der Waals surface area (Å²) in [5, 5.41) is 3.43. The highest BCUT2D eigenvalue weighted by Crippen LogP contribution is 2.15. The molecule has 2 aromatic rings. The zero-order valence-corrected chi connectivity index (χ0v) is 13.1. The van der Waals surface area contributed by atoms with E-state index in [2.05, 4.69) is 53.2 Å². The minimum Gasteiger partial charge on any atom is -0.370 e. The van der Waals surface area contributed by atoms with Gasteiger partial charge in [0.1, 0.15) is 0 Å². The molecule has 0 aliphatic rings. The molecule has 0 amide bonds. The van der Waals surface area contributed by atoms with Crippen LogP contribution in [0.1, 0.15) is 25.1 Å². The highest BCUT2D eigenvalue weighted by Gasteiger charge is 2.04. The fourth-order valence-electron chi connectivity index (χ4n) is 2.15. The molecule has 0 aliphatic heterocycles. The lowest BCUT2D eigenvalue weighted by atomic mass is 10.2. The maximum absolute atomic E-state index is 4.42. The number of anilines is 1. The van der Waals surface area contributed by atoms with E-state index >= 15 is 0 Å². The van der Waals surface area contributed by atoms with Crippen molar-refractivity contribution < 1.29 is 0 Å². The summed E-state index contributed by atoms with van der Waals surface area (Å²) in [5.74, 6) is 0.654. The fourth-order valence-corrected chi connectivity index (χ4v) is 2.15. The van der Waals surface area contributed by atoms with Crippen molar-refractivity contribution in [3.63, 3.8) is 0 Å². The van der Waals surface area contributed by atoms with E-state index in [1.165, 1.54) is 11.3 Å². The van der Waals surface area contributed by atoms with Gasteiger partial charge in [-0.1, -0.05) is 19.9 Å². The molecule has 0 fully saturated rings. The van der Waals surface area contributed by atoms with Crippen LogP contribution in [-0.4, -0.2) is 23.6 Å². The van der Waals surface area contributed by atoms with Gasteiger partial charge in [0.15, 0.2) is 0 Å². The Morgan fingerprint density at radius 3 is 2.81 bits per heavy atom. The molecule has 0 unspecified atom stereocenters. The third-order valence-electron chi connectivity index (χ3n) is 3.24. The monoisotopic (exact) mass is 284 g/mol. The van der Waals surface area contributed by atoms with Crippen molar-refractivity contribution in [2.45, 2.75) is 26.9 Å². The molecule has 2 aromatic heterocycles. The van der Waals surface area contributed by atoms with E-state index in [0.717, 1.165) is 25.3 Å². The minimum absolute atomic E-state index is 0.654. The van der Waals surface area contributed by atoms with Gasteiger partial charge in [-0.05, 0) is 36.2 Å². The zero-order chi connectivity index (χ0) is 15.1. The Morgan fingerprint density at radius 2 is 2.10 bits per heavy atom. The highest BCUT2D eigenvalue weighted by atomic mass is 15.1. The molecule has 2 rings (SSSR count). The van der Waals surface area contributed by atoms with E-state index in [-0.39, 0.29) is 0 Å². The lowest BCUT2D eigenvalue weighted by molar-refractivity contribution is 0.548. The van der Waals surface area contributed by atoms with Gasteiger partial charge in [0.25, 0.3) is 0 Å². The minimum atomic E-state index is 0.654. The van der Waals surface area contributed by atoms with Gasteiger partial charge < -0.3 is 10.2 Å². The molecule has 21 heavy (non-hydrogen) atoms. The van der Waals surface area contributed by atoms with Gasteiger partial charge >= 0.3 is 0 Å². The summed E-state index contributed by atoms with van der Waals surface area (Å²) >= 11 is 0.